The molecule has 2 aromatic heterocycles. The summed E-state index contributed by atoms with van der Waals surface area (Å²) in [5, 5.41) is 1.27. The summed E-state index contributed by atoms with van der Waals surface area (Å²) >= 11 is 0. The van der Waals surface area contributed by atoms with Crippen LogP contribution in [0, 0.1) is 6.92 Å². The first-order valence-electron chi connectivity index (χ1n) is 6.19. The number of ether oxygens (including phenoxy) is 1. The van der Waals surface area contributed by atoms with Gasteiger partial charge in [-0.25, -0.2) is 4.79 Å². The van der Waals surface area contributed by atoms with Crippen LogP contribution < -0.4 is 10.4 Å². The monoisotopic (exact) mass is 260 g/mol. The van der Waals surface area contributed by atoms with Crippen LogP contribution in [0.3, 0.4) is 0 Å². The van der Waals surface area contributed by atoms with Crippen LogP contribution in [0.5, 0.6) is 5.75 Å². The molecule has 0 aliphatic rings. The van der Waals surface area contributed by atoms with E-state index in [9.17, 15) is 4.79 Å². The second kappa shape index (κ2) is 5.18. The number of benzene rings is 1. The lowest BCUT2D eigenvalue weighted by Crippen LogP contribution is -1.99. The summed E-state index contributed by atoms with van der Waals surface area (Å²) in [5.41, 5.74) is 1.44. The zero-order valence-corrected chi connectivity index (χ0v) is 11.4. The lowest BCUT2D eigenvalue weighted by molar-refractivity contribution is 0.414. The zero-order valence-electron chi connectivity index (χ0n) is 11.4. The molecule has 0 saturated carbocycles. The lowest BCUT2D eigenvalue weighted by Gasteiger charge is -2.01. The van der Waals surface area contributed by atoms with Crippen molar-refractivity contribution in [3.05, 3.63) is 40.4 Å². The first kappa shape index (κ1) is 13.2. The topological polar surface area (TPSA) is 52.6 Å². The van der Waals surface area contributed by atoms with Crippen molar-refractivity contribution in [3.8, 4) is 5.75 Å². The molecule has 0 aliphatic carbocycles. The highest BCUT2D eigenvalue weighted by molar-refractivity contribution is 6.02. The molecule has 3 rings (SSSR count). The normalized spacial score (nSPS) is 10.3. The maximum absolute atomic E-state index is 11.8. The maximum atomic E-state index is 11.8. The summed E-state index contributed by atoms with van der Waals surface area (Å²) in [6, 6.07) is 5.30. The van der Waals surface area contributed by atoms with E-state index < -0.39 is 0 Å². The summed E-state index contributed by atoms with van der Waals surface area (Å²) < 4.78 is 15.8. The minimum Gasteiger partial charge on any atom is -0.497 e. The minimum atomic E-state index is -0.382. The Kier molecular flexibility index (Phi) is 3.60. The van der Waals surface area contributed by atoms with Crippen molar-refractivity contribution >= 4 is 21.9 Å². The molecule has 0 unspecified atom stereocenters. The molecule has 4 nitrogen and oxygen atoms in total. The van der Waals surface area contributed by atoms with Crippen LogP contribution in [0.4, 0.5) is 0 Å². The molecular weight excluding hydrogens is 244 g/mol. The third kappa shape index (κ3) is 2.10. The molecule has 2 heterocycles. The molecule has 0 amide bonds. The van der Waals surface area contributed by atoms with E-state index >= 15 is 0 Å². The second-order valence-electron chi connectivity index (χ2n) is 3.87. The van der Waals surface area contributed by atoms with Crippen LogP contribution in [-0.4, -0.2) is 7.11 Å². The third-order valence-corrected chi connectivity index (χ3v) is 2.82. The average molecular weight is 260 g/mol. The first-order chi connectivity index (χ1) is 9.20. The maximum Gasteiger partial charge on any atom is 0.347 e. The largest absolute Gasteiger partial charge is 0.497 e. The van der Waals surface area contributed by atoms with E-state index in [4.69, 9.17) is 13.6 Å². The van der Waals surface area contributed by atoms with Crippen LogP contribution in [-0.2, 0) is 0 Å². The van der Waals surface area contributed by atoms with E-state index in [0.29, 0.717) is 22.3 Å². The van der Waals surface area contributed by atoms with Crippen molar-refractivity contribution in [1.29, 1.82) is 0 Å². The summed E-state index contributed by atoms with van der Waals surface area (Å²) in [6.07, 6.45) is 1.56. The lowest BCUT2D eigenvalue weighted by atomic mass is 10.1. The molecule has 3 aromatic rings. The minimum absolute atomic E-state index is 0.382. The van der Waals surface area contributed by atoms with E-state index in [2.05, 4.69) is 0 Å². The van der Waals surface area contributed by atoms with Gasteiger partial charge < -0.3 is 13.6 Å². The van der Waals surface area contributed by atoms with Crippen molar-refractivity contribution < 1.29 is 13.6 Å². The van der Waals surface area contributed by atoms with E-state index in [1.54, 1.807) is 25.5 Å². The fourth-order valence-electron chi connectivity index (χ4n) is 1.95. The van der Waals surface area contributed by atoms with Gasteiger partial charge in [0.25, 0.3) is 0 Å². The molecule has 1 aromatic carbocycles. The number of hydrogen-bond donors (Lipinski definition) is 0. The second-order valence-corrected chi connectivity index (χ2v) is 3.87. The smallest absolute Gasteiger partial charge is 0.347 e. The molecule has 0 spiro atoms. The molecule has 100 valence electrons. The predicted octanol–water partition coefficient (Wildman–Crippen LogP) is 3.88. The van der Waals surface area contributed by atoms with Crippen LogP contribution >= 0.6 is 0 Å². The summed E-state index contributed by atoms with van der Waals surface area (Å²) in [6.45, 7) is 5.82. The zero-order chi connectivity index (χ0) is 14.0. The highest BCUT2D eigenvalue weighted by atomic mass is 16.5. The van der Waals surface area contributed by atoms with Gasteiger partial charge in [0.2, 0.25) is 0 Å². The number of hydrogen-bond acceptors (Lipinski definition) is 4. The number of furan rings is 1. The van der Waals surface area contributed by atoms with Gasteiger partial charge in [0, 0.05) is 11.6 Å². The summed E-state index contributed by atoms with van der Waals surface area (Å²) in [5.74, 6) is 0.642. The van der Waals surface area contributed by atoms with Gasteiger partial charge >= 0.3 is 5.63 Å². The fourth-order valence-corrected chi connectivity index (χ4v) is 1.95. The summed E-state index contributed by atoms with van der Waals surface area (Å²) in [4.78, 5) is 11.8. The van der Waals surface area contributed by atoms with Crippen molar-refractivity contribution in [2.45, 2.75) is 20.8 Å². The predicted molar refractivity (Wildman–Crippen MR) is 74.9 cm³/mol. The van der Waals surface area contributed by atoms with Gasteiger partial charge in [0.05, 0.1) is 18.8 Å². The standard InChI is InChI=1S/C13H10O4.C2H6/c1-7-6-16-12-9-4-3-8(15-2)5-10(9)17-13(14)11(7)12;1-2/h3-6H,1-2H3;1-2H3. The van der Waals surface area contributed by atoms with Crippen molar-refractivity contribution in [2.24, 2.45) is 0 Å². The Bertz CT molecular complexity index is 765. The van der Waals surface area contributed by atoms with Crippen LogP contribution in [0.25, 0.3) is 21.9 Å². The molecule has 0 atom stereocenters. The molecule has 0 bridgehead atoms. The molecule has 0 fully saturated rings. The molecular formula is C15H16O4. The van der Waals surface area contributed by atoms with E-state index in [0.717, 1.165) is 10.9 Å². The van der Waals surface area contributed by atoms with Gasteiger partial charge in [0.15, 0.2) is 5.58 Å². The van der Waals surface area contributed by atoms with Gasteiger partial charge in [-0.15, -0.1) is 0 Å². The Labute approximate surface area is 110 Å². The molecule has 0 aliphatic heterocycles. The van der Waals surface area contributed by atoms with E-state index in [1.807, 2.05) is 26.8 Å². The van der Waals surface area contributed by atoms with E-state index in [-0.39, 0.29) is 5.63 Å². The Morgan fingerprint density at radius 3 is 2.63 bits per heavy atom. The molecule has 0 N–H and O–H groups in total. The van der Waals surface area contributed by atoms with Crippen LogP contribution in [0.2, 0.25) is 0 Å². The van der Waals surface area contributed by atoms with Crippen molar-refractivity contribution in [1.82, 2.24) is 0 Å². The van der Waals surface area contributed by atoms with E-state index in [1.165, 1.54) is 0 Å². The highest BCUT2D eigenvalue weighted by Gasteiger charge is 2.13. The van der Waals surface area contributed by atoms with Gasteiger partial charge in [-0.3, -0.25) is 0 Å². The fraction of sp³-hybridized carbons (Fsp3) is 0.267. The average Bonchev–Trinajstić information content (AvgIpc) is 2.83. The number of rotatable bonds is 1. The van der Waals surface area contributed by atoms with Crippen LogP contribution in [0.1, 0.15) is 19.4 Å². The number of methoxy groups -OCH3 is 1. The summed E-state index contributed by atoms with van der Waals surface area (Å²) in [7, 11) is 1.56. The number of aryl methyl sites for hydroxylation is 1. The molecule has 4 heteroatoms. The molecule has 0 saturated heterocycles. The quantitative estimate of drug-likeness (QED) is 0.623. The molecule has 19 heavy (non-hydrogen) atoms. The van der Waals surface area contributed by atoms with Crippen LogP contribution in [0.15, 0.2) is 38.1 Å². The Balaban J connectivity index is 0.000000637. The SMILES string of the molecule is CC.COc1ccc2c(c1)oc(=O)c1c(C)coc12. The van der Waals surface area contributed by atoms with Crippen molar-refractivity contribution in [3.63, 3.8) is 0 Å². The Morgan fingerprint density at radius 1 is 1.21 bits per heavy atom. The van der Waals surface area contributed by atoms with Gasteiger partial charge in [-0.2, -0.15) is 0 Å². The van der Waals surface area contributed by atoms with Gasteiger partial charge in [-0.1, -0.05) is 13.8 Å². The Hall–Kier alpha value is -2.23. The Morgan fingerprint density at radius 2 is 1.95 bits per heavy atom. The third-order valence-electron chi connectivity index (χ3n) is 2.82. The van der Waals surface area contributed by atoms with Crippen molar-refractivity contribution in [2.75, 3.05) is 7.11 Å². The first-order valence-corrected chi connectivity index (χ1v) is 6.19. The molecule has 0 radical (unpaired) electrons. The van der Waals surface area contributed by atoms with Gasteiger partial charge in [-0.05, 0) is 19.1 Å². The number of fused-ring (bicyclic) bond motifs is 3. The van der Waals surface area contributed by atoms with Gasteiger partial charge in [0.1, 0.15) is 16.7 Å². The highest BCUT2D eigenvalue weighted by Crippen LogP contribution is 2.28.